The van der Waals surface area contributed by atoms with Crippen LogP contribution >= 0.6 is 11.8 Å². The minimum atomic E-state index is -1.96. The normalized spacial score (nSPS) is 21.5. The van der Waals surface area contributed by atoms with E-state index >= 15 is 0 Å². The van der Waals surface area contributed by atoms with Gasteiger partial charge in [0.05, 0.1) is 24.9 Å². The van der Waals surface area contributed by atoms with Crippen LogP contribution in [0.3, 0.4) is 0 Å². The third kappa shape index (κ3) is 2.66. The molecule has 0 fully saturated rings. The molecule has 1 unspecified atom stereocenters. The first-order valence-electron chi connectivity index (χ1n) is 9.37. The molecule has 1 aromatic rings. The number of anilines is 1. The smallest absolute Gasteiger partial charge is 0.344 e. The van der Waals surface area contributed by atoms with Gasteiger partial charge in [-0.25, -0.2) is 9.59 Å². The quantitative estimate of drug-likeness (QED) is 0.640. The van der Waals surface area contributed by atoms with Crippen LogP contribution in [0.15, 0.2) is 57.2 Å². The van der Waals surface area contributed by atoms with Gasteiger partial charge in [-0.3, -0.25) is 14.5 Å². The highest BCUT2D eigenvalue weighted by atomic mass is 32.2. The molecule has 3 aliphatic rings. The van der Waals surface area contributed by atoms with Crippen molar-refractivity contribution in [1.29, 1.82) is 5.26 Å². The fraction of sp³-hybridized carbons (Fsp3) is 0.190. The number of fused-ring (bicyclic) bond motifs is 3. The molecule has 0 aromatic heterocycles. The van der Waals surface area contributed by atoms with Gasteiger partial charge in [-0.05, 0) is 13.0 Å². The lowest BCUT2D eigenvalue weighted by Crippen LogP contribution is -2.51. The number of rotatable bonds is 3. The first-order chi connectivity index (χ1) is 15.3. The van der Waals surface area contributed by atoms with E-state index in [4.69, 9.17) is 15.2 Å². The number of carbonyl (C=O) groups is 4. The Morgan fingerprint density at radius 3 is 2.66 bits per heavy atom. The second kappa shape index (κ2) is 7.58. The number of nitrogens with zero attached hydrogens (tertiary/aromatic N) is 2. The van der Waals surface area contributed by atoms with Gasteiger partial charge in [0.15, 0.2) is 0 Å². The Bertz CT molecular complexity index is 1240. The maximum atomic E-state index is 13.5. The van der Waals surface area contributed by atoms with E-state index in [1.165, 1.54) is 0 Å². The summed E-state index contributed by atoms with van der Waals surface area (Å²) in [6.45, 7) is 1.54. The minimum absolute atomic E-state index is 0.0334. The van der Waals surface area contributed by atoms with Crippen LogP contribution in [0, 0.1) is 11.3 Å². The standard InChI is InChI=1S/C21H16N4O6S/c1-3-31-19(28)15-17-25(14(26)8-13(32-17)18(27)30-2)16(23)11(9-22)21(15)10-6-4-5-7-12(10)24-20(21)29/h4-8H,3,23H2,1-2H3,(H,24,29). The molecule has 2 amide bonds. The number of esters is 2. The van der Waals surface area contributed by atoms with Crippen LogP contribution in [0.4, 0.5) is 5.69 Å². The van der Waals surface area contributed by atoms with Crippen molar-refractivity contribution in [2.75, 3.05) is 19.0 Å². The first kappa shape index (κ1) is 21.2. The molecule has 0 saturated heterocycles. The number of methoxy groups -OCH3 is 1. The van der Waals surface area contributed by atoms with E-state index < -0.39 is 29.2 Å². The molecular formula is C21H16N4O6S. The Morgan fingerprint density at radius 2 is 2.00 bits per heavy atom. The molecule has 32 heavy (non-hydrogen) atoms. The summed E-state index contributed by atoms with van der Waals surface area (Å²) in [6, 6.07) is 8.44. The zero-order chi connectivity index (χ0) is 23.2. The fourth-order valence-electron chi connectivity index (χ4n) is 3.98. The van der Waals surface area contributed by atoms with Gasteiger partial charge in [0.2, 0.25) is 5.91 Å². The average molecular weight is 452 g/mol. The number of hydrogen-bond acceptors (Lipinski definition) is 9. The molecule has 4 rings (SSSR count). The summed E-state index contributed by atoms with van der Waals surface area (Å²) < 4.78 is 9.94. The average Bonchev–Trinajstić information content (AvgIpc) is 3.05. The highest BCUT2D eigenvalue weighted by Gasteiger charge is 2.61. The van der Waals surface area contributed by atoms with E-state index in [1.807, 2.05) is 6.07 Å². The van der Waals surface area contributed by atoms with Crippen LogP contribution < -0.4 is 11.1 Å². The van der Waals surface area contributed by atoms with Crippen molar-refractivity contribution in [2.45, 2.75) is 12.3 Å². The van der Waals surface area contributed by atoms with Crippen LogP contribution in [0.2, 0.25) is 0 Å². The molecule has 162 valence electrons. The lowest BCUT2D eigenvalue weighted by molar-refractivity contribution is -0.140. The fourth-order valence-corrected chi connectivity index (χ4v) is 5.13. The van der Waals surface area contributed by atoms with E-state index in [0.717, 1.165) is 29.8 Å². The zero-order valence-corrected chi connectivity index (χ0v) is 17.7. The van der Waals surface area contributed by atoms with Crippen molar-refractivity contribution in [3.63, 3.8) is 0 Å². The number of amides is 2. The second-order valence-corrected chi connectivity index (χ2v) is 7.83. The molecule has 11 heteroatoms. The van der Waals surface area contributed by atoms with Crippen LogP contribution in [0.1, 0.15) is 12.5 Å². The van der Waals surface area contributed by atoms with Gasteiger partial charge < -0.3 is 20.5 Å². The van der Waals surface area contributed by atoms with Crippen molar-refractivity contribution in [1.82, 2.24) is 4.90 Å². The van der Waals surface area contributed by atoms with Gasteiger partial charge in [-0.1, -0.05) is 30.0 Å². The maximum Gasteiger partial charge on any atom is 0.344 e. The van der Waals surface area contributed by atoms with Crippen LogP contribution in [-0.2, 0) is 34.1 Å². The van der Waals surface area contributed by atoms with Gasteiger partial charge in [-0.2, -0.15) is 5.26 Å². The third-order valence-electron chi connectivity index (χ3n) is 5.24. The Balaban J connectivity index is 2.12. The van der Waals surface area contributed by atoms with E-state index in [9.17, 15) is 24.4 Å². The summed E-state index contributed by atoms with van der Waals surface area (Å²) in [5.74, 6) is -3.52. The molecule has 10 nitrogen and oxygen atoms in total. The highest BCUT2D eigenvalue weighted by Crippen LogP contribution is 2.55. The van der Waals surface area contributed by atoms with E-state index in [-0.39, 0.29) is 33.5 Å². The molecule has 1 spiro atoms. The number of para-hydroxylation sites is 1. The van der Waals surface area contributed by atoms with Gasteiger partial charge in [0.25, 0.3) is 5.91 Å². The summed E-state index contributed by atoms with van der Waals surface area (Å²) >= 11 is 0.735. The van der Waals surface area contributed by atoms with Gasteiger partial charge >= 0.3 is 11.9 Å². The number of nitrogens with two attached hydrogens (primary N) is 1. The molecule has 0 radical (unpaired) electrons. The van der Waals surface area contributed by atoms with Crippen LogP contribution in [0.5, 0.6) is 0 Å². The molecular weight excluding hydrogens is 436 g/mol. The number of ether oxygens (including phenoxy) is 2. The molecule has 3 heterocycles. The molecule has 0 bridgehead atoms. The van der Waals surface area contributed by atoms with Crippen molar-refractivity contribution in [3.8, 4) is 6.07 Å². The number of nitrogens with one attached hydrogen (secondary N) is 1. The number of nitriles is 1. The molecule has 0 aliphatic carbocycles. The number of benzene rings is 1. The van der Waals surface area contributed by atoms with Crippen molar-refractivity contribution in [2.24, 2.45) is 5.73 Å². The van der Waals surface area contributed by atoms with Crippen molar-refractivity contribution < 1.29 is 28.7 Å². The largest absolute Gasteiger partial charge is 0.465 e. The van der Waals surface area contributed by atoms with Crippen LogP contribution in [-0.4, -0.2) is 42.4 Å². The van der Waals surface area contributed by atoms with Gasteiger partial charge in [0.1, 0.15) is 27.2 Å². The lowest BCUT2D eigenvalue weighted by Gasteiger charge is -2.40. The van der Waals surface area contributed by atoms with Crippen molar-refractivity contribution >= 4 is 41.2 Å². The zero-order valence-electron chi connectivity index (χ0n) is 16.9. The Hall–Kier alpha value is -4.04. The molecule has 1 aromatic carbocycles. The molecule has 0 saturated carbocycles. The third-order valence-corrected chi connectivity index (χ3v) is 6.33. The van der Waals surface area contributed by atoms with Crippen LogP contribution in [0.25, 0.3) is 0 Å². The van der Waals surface area contributed by atoms with Crippen molar-refractivity contribution in [3.05, 3.63) is 62.8 Å². The van der Waals surface area contributed by atoms with E-state index in [2.05, 4.69) is 5.32 Å². The first-order valence-corrected chi connectivity index (χ1v) is 10.2. The van der Waals surface area contributed by atoms with Gasteiger partial charge in [0, 0.05) is 17.3 Å². The monoisotopic (exact) mass is 452 g/mol. The molecule has 3 N–H and O–H groups in total. The molecule has 1 atom stereocenters. The molecule has 3 aliphatic heterocycles. The van der Waals surface area contributed by atoms with E-state index in [1.54, 1.807) is 31.2 Å². The number of thioether (sulfide) groups is 1. The summed E-state index contributed by atoms with van der Waals surface area (Å²) in [4.78, 5) is 52.6. The predicted octanol–water partition coefficient (Wildman–Crippen LogP) is 0.991. The summed E-state index contributed by atoms with van der Waals surface area (Å²) in [7, 11) is 1.15. The minimum Gasteiger partial charge on any atom is -0.465 e. The maximum absolute atomic E-state index is 13.5. The predicted molar refractivity (Wildman–Crippen MR) is 112 cm³/mol. The second-order valence-electron chi connectivity index (χ2n) is 6.80. The lowest BCUT2D eigenvalue weighted by atomic mass is 9.68. The summed E-state index contributed by atoms with van der Waals surface area (Å²) in [5, 5.41) is 12.6. The Labute approximate surface area is 186 Å². The Kier molecular flexibility index (Phi) is 5.02. The Morgan fingerprint density at radius 1 is 1.28 bits per heavy atom. The SMILES string of the molecule is CCOC(=O)C1=C2SC(C(=O)OC)=CC(=O)N2C(N)=C(C#N)C12C(=O)Nc1ccccc12. The summed E-state index contributed by atoms with van der Waals surface area (Å²) in [6.07, 6.45) is 0.991. The van der Waals surface area contributed by atoms with E-state index in [0.29, 0.717) is 11.3 Å². The number of hydrogen-bond donors (Lipinski definition) is 2. The highest BCUT2D eigenvalue weighted by molar-refractivity contribution is 8.07. The number of carbonyl (C=O) groups excluding carboxylic acids is 4. The topological polar surface area (TPSA) is 152 Å². The van der Waals surface area contributed by atoms with Gasteiger partial charge in [-0.15, -0.1) is 0 Å². The summed E-state index contributed by atoms with van der Waals surface area (Å²) in [5.41, 5.74) is 4.39.